The maximum Gasteiger partial charge on any atom is 0.229 e. The van der Waals surface area contributed by atoms with E-state index in [-0.39, 0.29) is 5.91 Å². The van der Waals surface area contributed by atoms with E-state index in [1.807, 2.05) is 24.3 Å². The Kier molecular flexibility index (Phi) is 2.99. The summed E-state index contributed by atoms with van der Waals surface area (Å²) in [4.78, 5) is 14.4. The quantitative estimate of drug-likeness (QED) is 0.462. The van der Waals surface area contributed by atoms with Crippen molar-refractivity contribution in [3.05, 3.63) is 44.7 Å². The molecule has 1 fully saturated rings. The molecule has 2 rings (SSSR count). The highest BCUT2D eigenvalue weighted by molar-refractivity contribution is 9.10. The minimum Gasteiger partial charge on any atom is -0.292 e. The van der Waals surface area contributed by atoms with Gasteiger partial charge in [-0.2, -0.15) is 0 Å². The van der Waals surface area contributed by atoms with E-state index in [9.17, 15) is 4.79 Å². The number of carbonyl (C=O) groups is 1. The second-order valence-electron chi connectivity index (χ2n) is 3.94. The van der Waals surface area contributed by atoms with Crippen LogP contribution in [0.2, 0.25) is 0 Å². The number of carbonyl (C=O) groups excluding carboxylic acids is 1. The molecule has 16 heavy (non-hydrogen) atoms. The highest BCUT2D eigenvalue weighted by Gasteiger charge is 2.44. The summed E-state index contributed by atoms with van der Waals surface area (Å²) in [5.74, 6) is -0.362. The first-order chi connectivity index (χ1) is 7.69. The molecule has 1 saturated carbocycles. The monoisotopic (exact) mass is 279 g/mol. The molecule has 0 heterocycles. The summed E-state index contributed by atoms with van der Waals surface area (Å²) in [6.45, 7) is 0. The first kappa shape index (κ1) is 11.2. The molecule has 4 nitrogen and oxygen atoms in total. The van der Waals surface area contributed by atoms with Crippen LogP contribution in [-0.2, 0) is 10.2 Å². The van der Waals surface area contributed by atoms with Crippen molar-refractivity contribution in [3.8, 4) is 0 Å². The van der Waals surface area contributed by atoms with Gasteiger partial charge in [0.25, 0.3) is 0 Å². The zero-order chi connectivity index (χ0) is 11.6. The Morgan fingerprint density at radius 2 is 2.25 bits per heavy atom. The Bertz CT molecular complexity index is 476. The Labute approximate surface area is 101 Å². The zero-order valence-corrected chi connectivity index (χ0v) is 10.1. The van der Waals surface area contributed by atoms with Gasteiger partial charge in [0.1, 0.15) is 0 Å². The normalized spacial score (nSPS) is 17.1. The topological polar surface area (TPSA) is 65.8 Å². The average Bonchev–Trinajstić information content (AvgIpc) is 2.16. The summed E-state index contributed by atoms with van der Waals surface area (Å²) in [7, 11) is 0. The number of azide groups is 1. The van der Waals surface area contributed by atoms with Gasteiger partial charge in [-0.05, 0) is 41.2 Å². The fourth-order valence-electron chi connectivity index (χ4n) is 2.08. The fourth-order valence-corrected chi connectivity index (χ4v) is 2.48. The largest absolute Gasteiger partial charge is 0.292 e. The van der Waals surface area contributed by atoms with Gasteiger partial charge in [-0.25, -0.2) is 0 Å². The molecule has 0 radical (unpaired) electrons. The number of benzene rings is 1. The Balaban J connectivity index is 2.42. The van der Waals surface area contributed by atoms with Crippen LogP contribution < -0.4 is 0 Å². The van der Waals surface area contributed by atoms with Crippen LogP contribution in [-0.4, -0.2) is 5.91 Å². The molecule has 1 aliphatic carbocycles. The third-order valence-corrected chi connectivity index (χ3v) is 3.62. The van der Waals surface area contributed by atoms with Gasteiger partial charge >= 0.3 is 0 Å². The summed E-state index contributed by atoms with van der Waals surface area (Å²) in [5.41, 5.74) is 8.71. The second-order valence-corrected chi connectivity index (χ2v) is 4.86. The minimum absolute atomic E-state index is 0.362. The highest BCUT2D eigenvalue weighted by atomic mass is 79.9. The molecular formula is C11H10BrN3O. The van der Waals surface area contributed by atoms with E-state index < -0.39 is 5.41 Å². The molecule has 82 valence electrons. The van der Waals surface area contributed by atoms with Gasteiger partial charge < -0.3 is 0 Å². The zero-order valence-electron chi connectivity index (χ0n) is 8.56. The van der Waals surface area contributed by atoms with Crippen molar-refractivity contribution in [2.75, 3.05) is 0 Å². The van der Waals surface area contributed by atoms with Crippen molar-refractivity contribution in [2.24, 2.45) is 5.11 Å². The second kappa shape index (κ2) is 4.28. The van der Waals surface area contributed by atoms with E-state index in [1.165, 1.54) is 0 Å². The average molecular weight is 280 g/mol. The first-order valence-electron chi connectivity index (χ1n) is 5.05. The lowest BCUT2D eigenvalue weighted by atomic mass is 9.64. The number of hydrogen-bond donors (Lipinski definition) is 0. The third kappa shape index (κ3) is 1.72. The molecule has 0 saturated heterocycles. The van der Waals surface area contributed by atoms with Crippen molar-refractivity contribution in [3.63, 3.8) is 0 Å². The van der Waals surface area contributed by atoms with E-state index in [4.69, 9.17) is 5.53 Å². The van der Waals surface area contributed by atoms with Crippen LogP contribution in [0.3, 0.4) is 0 Å². The third-order valence-electron chi connectivity index (χ3n) is 3.13. The maximum atomic E-state index is 11.8. The van der Waals surface area contributed by atoms with Gasteiger partial charge in [0, 0.05) is 9.38 Å². The van der Waals surface area contributed by atoms with Gasteiger partial charge in [0.2, 0.25) is 5.91 Å². The van der Waals surface area contributed by atoms with Gasteiger partial charge in [-0.3, -0.25) is 4.79 Å². The molecule has 5 heteroatoms. The van der Waals surface area contributed by atoms with E-state index in [1.54, 1.807) is 0 Å². The van der Waals surface area contributed by atoms with Crippen LogP contribution in [0.15, 0.2) is 33.9 Å². The standard InChI is InChI=1S/C11H10BrN3O/c12-9-4-1-3-8(7-9)11(5-2-6-11)10(16)14-15-13/h1,3-4,7H,2,5-6H2. The molecule has 1 aromatic carbocycles. The lowest BCUT2D eigenvalue weighted by molar-refractivity contribution is -0.126. The first-order valence-corrected chi connectivity index (χ1v) is 5.84. The van der Waals surface area contributed by atoms with Crippen LogP contribution >= 0.6 is 15.9 Å². The maximum absolute atomic E-state index is 11.8. The fraction of sp³-hybridized carbons (Fsp3) is 0.364. The molecule has 0 aromatic heterocycles. The van der Waals surface area contributed by atoms with Gasteiger partial charge in [-0.15, -0.1) is 0 Å². The smallest absolute Gasteiger partial charge is 0.229 e. The van der Waals surface area contributed by atoms with Crippen molar-refractivity contribution < 1.29 is 4.79 Å². The SMILES string of the molecule is [N-]=[N+]=NC(=O)C1(c2cccc(Br)c2)CCC1. The van der Waals surface area contributed by atoms with Crippen molar-refractivity contribution in [1.29, 1.82) is 0 Å². The molecular weight excluding hydrogens is 270 g/mol. The molecule has 0 unspecified atom stereocenters. The predicted molar refractivity (Wildman–Crippen MR) is 63.8 cm³/mol. The van der Waals surface area contributed by atoms with Crippen molar-refractivity contribution in [1.82, 2.24) is 0 Å². The minimum atomic E-state index is -0.573. The predicted octanol–water partition coefficient (Wildman–Crippen LogP) is 3.71. The highest BCUT2D eigenvalue weighted by Crippen LogP contribution is 2.45. The lowest BCUT2D eigenvalue weighted by Crippen LogP contribution is -2.41. The summed E-state index contributed by atoms with van der Waals surface area (Å²) in [6.07, 6.45) is 2.53. The summed E-state index contributed by atoms with van der Waals surface area (Å²) < 4.78 is 0.935. The Morgan fingerprint density at radius 3 is 2.75 bits per heavy atom. The van der Waals surface area contributed by atoms with Crippen molar-refractivity contribution in [2.45, 2.75) is 24.7 Å². The number of hydrogen-bond acceptors (Lipinski definition) is 1. The molecule has 0 bridgehead atoms. The Hall–Kier alpha value is -1.32. The molecule has 1 aliphatic rings. The van der Waals surface area contributed by atoms with E-state index in [0.29, 0.717) is 0 Å². The van der Waals surface area contributed by atoms with Gasteiger partial charge in [0.15, 0.2) is 0 Å². The number of rotatable bonds is 2. The van der Waals surface area contributed by atoms with Crippen LogP contribution in [0.25, 0.3) is 10.4 Å². The molecule has 0 atom stereocenters. The van der Waals surface area contributed by atoms with Gasteiger partial charge in [0.05, 0.1) is 5.41 Å². The molecule has 0 aliphatic heterocycles. The van der Waals surface area contributed by atoms with E-state index in [0.717, 1.165) is 29.3 Å². The van der Waals surface area contributed by atoms with Crippen molar-refractivity contribution >= 4 is 21.8 Å². The lowest BCUT2D eigenvalue weighted by Gasteiger charge is -2.39. The van der Waals surface area contributed by atoms with Crippen LogP contribution in [0, 0.1) is 0 Å². The molecule has 0 N–H and O–H groups in total. The summed E-state index contributed by atoms with van der Waals surface area (Å²) in [5, 5.41) is 3.25. The summed E-state index contributed by atoms with van der Waals surface area (Å²) in [6, 6.07) is 7.63. The number of nitrogens with zero attached hydrogens (tertiary/aromatic N) is 3. The molecule has 0 spiro atoms. The number of halogens is 1. The molecule has 1 amide bonds. The Morgan fingerprint density at radius 1 is 1.50 bits per heavy atom. The van der Waals surface area contributed by atoms with E-state index in [2.05, 4.69) is 26.0 Å². The van der Waals surface area contributed by atoms with Gasteiger partial charge in [-0.1, -0.05) is 34.5 Å². The van der Waals surface area contributed by atoms with Crippen LogP contribution in [0.5, 0.6) is 0 Å². The molecule has 1 aromatic rings. The van der Waals surface area contributed by atoms with Crippen LogP contribution in [0.4, 0.5) is 0 Å². The number of amides is 1. The van der Waals surface area contributed by atoms with Crippen LogP contribution in [0.1, 0.15) is 24.8 Å². The van der Waals surface area contributed by atoms with E-state index >= 15 is 0 Å². The summed E-state index contributed by atoms with van der Waals surface area (Å²) >= 11 is 3.38.